The van der Waals surface area contributed by atoms with Gasteiger partial charge < -0.3 is 15.8 Å². The van der Waals surface area contributed by atoms with E-state index in [1.165, 1.54) is 18.2 Å². The van der Waals surface area contributed by atoms with Gasteiger partial charge in [0.1, 0.15) is 11.3 Å². The number of hydrogen-bond acceptors (Lipinski definition) is 5. The van der Waals surface area contributed by atoms with E-state index in [1.54, 1.807) is 7.11 Å². The number of benzene rings is 1. The molecular formula is C13H17N3O4. The monoisotopic (exact) mass is 279 g/mol. The SMILES string of the molecule is COC1CCC(NC(=O)c2cccc(N)c2[N+](=O)[O-])C1. The van der Waals surface area contributed by atoms with Crippen LogP contribution in [-0.2, 0) is 4.74 Å². The van der Waals surface area contributed by atoms with Crippen molar-refractivity contribution in [1.29, 1.82) is 0 Å². The number of nitro benzene ring substituents is 1. The van der Waals surface area contributed by atoms with Gasteiger partial charge in [-0.05, 0) is 31.4 Å². The molecule has 0 saturated heterocycles. The Labute approximate surface area is 116 Å². The summed E-state index contributed by atoms with van der Waals surface area (Å²) in [7, 11) is 1.64. The van der Waals surface area contributed by atoms with E-state index in [4.69, 9.17) is 10.5 Å². The van der Waals surface area contributed by atoms with E-state index in [-0.39, 0.29) is 29.1 Å². The first-order valence-corrected chi connectivity index (χ1v) is 6.39. The van der Waals surface area contributed by atoms with Crippen molar-refractivity contribution in [3.8, 4) is 0 Å². The van der Waals surface area contributed by atoms with Crippen molar-refractivity contribution < 1.29 is 14.5 Å². The topological polar surface area (TPSA) is 107 Å². The summed E-state index contributed by atoms with van der Waals surface area (Å²) >= 11 is 0. The van der Waals surface area contributed by atoms with Crippen LogP contribution >= 0.6 is 0 Å². The zero-order valence-electron chi connectivity index (χ0n) is 11.2. The van der Waals surface area contributed by atoms with Crippen LogP contribution in [0.3, 0.4) is 0 Å². The minimum absolute atomic E-state index is 0.00383. The van der Waals surface area contributed by atoms with Gasteiger partial charge in [0.15, 0.2) is 0 Å². The van der Waals surface area contributed by atoms with Crippen LogP contribution in [-0.4, -0.2) is 30.1 Å². The number of para-hydroxylation sites is 1. The van der Waals surface area contributed by atoms with E-state index < -0.39 is 10.8 Å². The summed E-state index contributed by atoms with van der Waals surface area (Å²) in [6.45, 7) is 0. The molecule has 2 atom stereocenters. The molecule has 1 aromatic rings. The molecule has 20 heavy (non-hydrogen) atoms. The zero-order valence-corrected chi connectivity index (χ0v) is 11.2. The quantitative estimate of drug-likeness (QED) is 0.493. The number of carbonyl (C=O) groups excluding carboxylic acids is 1. The number of hydrogen-bond donors (Lipinski definition) is 2. The maximum atomic E-state index is 12.2. The van der Waals surface area contributed by atoms with E-state index in [0.717, 1.165) is 19.3 Å². The van der Waals surface area contributed by atoms with E-state index in [9.17, 15) is 14.9 Å². The third-order valence-corrected chi connectivity index (χ3v) is 3.55. The van der Waals surface area contributed by atoms with Gasteiger partial charge in [-0.2, -0.15) is 0 Å². The Hall–Kier alpha value is -2.15. The second kappa shape index (κ2) is 5.87. The first kappa shape index (κ1) is 14.3. The van der Waals surface area contributed by atoms with Crippen LogP contribution in [0.5, 0.6) is 0 Å². The Balaban J connectivity index is 2.14. The lowest BCUT2D eigenvalue weighted by Crippen LogP contribution is -2.33. The van der Waals surface area contributed by atoms with E-state index >= 15 is 0 Å². The number of nitrogen functional groups attached to an aromatic ring is 1. The molecule has 1 aliphatic rings. The van der Waals surface area contributed by atoms with E-state index in [0.29, 0.717) is 0 Å². The minimum atomic E-state index is -0.628. The van der Waals surface area contributed by atoms with Crippen LogP contribution < -0.4 is 11.1 Å². The number of nitro groups is 1. The molecule has 1 fully saturated rings. The number of amides is 1. The normalized spacial score (nSPS) is 21.6. The number of rotatable bonds is 4. The average molecular weight is 279 g/mol. The number of anilines is 1. The fourth-order valence-electron chi connectivity index (χ4n) is 2.50. The van der Waals surface area contributed by atoms with Crippen molar-refractivity contribution in [3.63, 3.8) is 0 Å². The molecule has 0 aliphatic heterocycles. The van der Waals surface area contributed by atoms with Crippen molar-refractivity contribution >= 4 is 17.3 Å². The van der Waals surface area contributed by atoms with Gasteiger partial charge in [0.05, 0.1) is 11.0 Å². The standard InChI is InChI=1S/C13H17N3O4/c1-20-9-6-5-8(7-9)15-13(17)10-3-2-4-11(14)12(10)16(18)19/h2-4,8-9H,5-7,14H2,1H3,(H,15,17). The number of nitrogens with one attached hydrogen (secondary N) is 1. The van der Waals surface area contributed by atoms with Crippen LogP contribution in [0.4, 0.5) is 11.4 Å². The average Bonchev–Trinajstić information content (AvgIpc) is 2.85. The lowest BCUT2D eigenvalue weighted by molar-refractivity contribution is -0.384. The van der Waals surface area contributed by atoms with Crippen molar-refractivity contribution in [2.24, 2.45) is 0 Å². The second-order valence-corrected chi connectivity index (χ2v) is 4.84. The molecule has 2 unspecified atom stereocenters. The highest BCUT2D eigenvalue weighted by atomic mass is 16.6. The summed E-state index contributed by atoms with van der Waals surface area (Å²) in [6, 6.07) is 4.33. The Morgan fingerprint density at radius 2 is 2.25 bits per heavy atom. The van der Waals surface area contributed by atoms with Crippen molar-refractivity contribution in [2.45, 2.75) is 31.4 Å². The van der Waals surface area contributed by atoms with Crippen molar-refractivity contribution in [3.05, 3.63) is 33.9 Å². The van der Waals surface area contributed by atoms with Gasteiger partial charge in [-0.1, -0.05) is 6.07 Å². The van der Waals surface area contributed by atoms with Gasteiger partial charge in [0.2, 0.25) is 0 Å². The Morgan fingerprint density at radius 1 is 1.50 bits per heavy atom. The molecule has 108 valence electrons. The van der Waals surface area contributed by atoms with Gasteiger partial charge >= 0.3 is 5.69 Å². The smallest absolute Gasteiger partial charge is 0.304 e. The highest BCUT2D eigenvalue weighted by molar-refractivity contribution is 6.00. The summed E-state index contributed by atoms with van der Waals surface area (Å²) < 4.78 is 5.23. The molecule has 3 N–H and O–H groups in total. The van der Waals surface area contributed by atoms with E-state index in [2.05, 4.69) is 5.32 Å². The predicted molar refractivity (Wildman–Crippen MR) is 73.4 cm³/mol. The molecule has 1 saturated carbocycles. The first-order valence-electron chi connectivity index (χ1n) is 6.39. The van der Waals surface area contributed by atoms with Gasteiger partial charge in [-0.25, -0.2) is 0 Å². The number of carbonyl (C=O) groups is 1. The molecule has 1 aromatic carbocycles. The van der Waals surface area contributed by atoms with Gasteiger partial charge in [-0.3, -0.25) is 14.9 Å². The molecule has 0 heterocycles. The van der Waals surface area contributed by atoms with Gasteiger partial charge in [-0.15, -0.1) is 0 Å². The number of nitrogens with two attached hydrogens (primary N) is 1. The van der Waals surface area contributed by atoms with Crippen LogP contribution in [0.2, 0.25) is 0 Å². The van der Waals surface area contributed by atoms with Crippen LogP contribution in [0, 0.1) is 10.1 Å². The maximum absolute atomic E-state index is 12.2. The largest absolute Gasteiger partial charge is 0.393 e. The highest BCUT2D eigenvalue weighted by Gasteiger charge is 2.29. The molecule has 0 aromatic heterocycles. The minimum Gasteiger partial charge on any atom is -0.393 e. The molecule has 0 bridgehead atoms. The Morgan fingerprint density at radius 3 is 2.85 bits per heavy atom. The molecule has 0 radical (unpaired) electrons. The predicted octanol–water partition coefficient (Wildman–Crippen LogP) is 1.47. The summed E-state index contributed by atoms with van der Waals surface area (Å²) in [6.07, 6.45) is 2.54. The molecule has 1 amide bonds. The number of ether oxygens (including phenoxy) is 1. The fourth-order valence-corrected chi connectivity index (χ4v) is 2.50. The number of nitrogens with zero attached hydrogens (tertiary/aromatic N) is 1. The van der Waals surface area contributed by atoms with Crippen molar-refractivity contribution in [2.75, 3.05) is 12.8 Å². The van der Waals surface area contributed by atoms with Crippen LogP contribution in [0.15, 0.2) is 18.2 Å². The fraction of sp³-hybridized carbons (Fsp3) is 0.462. The molecule has 1 aliphatic carbocycles. The second-order valence-electron chi connectivity index (χ2n) is 4.84. The maximum Gasteiger partial charge on any atom is 0.304 e. The van der Waals surface area contributed by atoms with Crippen molar-refractivity contribution in [1.82, 2.24) is 5.32 Å². The van der Waals surface area contributed by atoms with Crippen LogP contribution in [0.25, 0.3) is 0 Å². The van der Waals surface area contributed by atoms with E-state index in [1.807, 2.05) is 0 Å². The molecule has 2 rings (SSSR count). The molecule has 0 spiro atoms. The van der Waals surface area contributed by atoms with Gasteiger partial charge in [0.25, 0.3) is 5.91 Å². The Bertz CT molecular complexity index is 532. The summed E-state index contributed by atoms with van der Waals surface area (Å²) in [5, 5.41) is 13.8. The lowest BCUT2D eigenvalue weighted by Gasteiger charge is -2.13. The third-order valence-electron chi connectivity index (χ3n) is 3.55. The molecule has 7 nitrogen and oxygen atoms in total. The third kappa shape index (κ3) is 2.88. The number of methoxy groups -OCH3 is 1. The molecular weight excluding hydrogens is 262 g/mol. The highest BCUT2D eigenvalue weighted by Crippen LogP contribution is 2.27. The summed E-state index contributed by atoms with van der Waals surface area (Å²) in [5.41, 5.74) is 5.21. The zero-order chi connectivity index (χ0) is 14.7. The Kier molecular flexibility index (Phi) is 4.19. The first-order chi connectivity index (χ1) is 9.52. The van der Waals surface area contributed by atoms with Gasteiger partial charge in [0, 0.05) is 13.2 Å². The lowest BCUT2D eigenvalue weighted by atomic mass is 10.1. The van der Waals surface area contributed by atoms with Crippen LogP contribution in [0.1, 0.15) is 29.6 Å². The summed E-state index contributed by atoms with van der Waals surface area (Å²) in [4.78, 5) is 22.5. The molecule has 7 heteroatoms. The summed E-state index contributed by atoms with van der Waals surface area (Å²) in [5.74, 6) is -0.467.